The highest BCUT2D eigenvalue weighted by Gasteiger charge is 2.23. The lowest BCUT2D eigenvalue weighted by Gasteiger charge is -2.36. The Hall–Kier alpha value is -3.03. The van der Waals surface area contributed by atoms with Crippen molar-refractivity contribution in [3.05, 3.63) is 75.0 Å². The maximum atomic E-state index is 12.9. The lowest BCUT2D eigenvalue weighted by Crippen LogP contribution is -2.50. The van der Waals surface area contributed by atoms with Crippen molar-refractivity contribution in [3.63, 3.8) is 0 Å². The first-order chi connectivity index (χ1) is 15.5. The second kappa shape index (κ2) is 9.63. The third-order valence-electron chi connectivity index (χ3n) is 5.44. The van der Waals surface area contributed by atoms with Crippen LogP contribution in [0.25, 0.3) is 11.3 Å². The van der Waals surface area contributed by atoms with E-state index >= 15 is 0 Å². The molecule has 0 atom stereocenters. The first kappa shape index (κ1) is 22.2. The Morgan fingerprint density at radius 2 is 1.72 bits per heavy atom. The summed E-state index contributed by atoms with van der Waals surface area (Å²) in [6.45, 7) is 2.18. The number of nitrogens with zero attached hydrogens (tertiary/aromatic N) is 4. The molecule has 0 saturated carbocycles. The highest BCUT2D eigenvalue weighted by molar-refractivity contribution is 6.43. The van der Waals surface area contributed by atoms with Gasteiger partial charge in [0.05, 0.1) is 28.5 Å². The molecule has 3 aromatic rings. The van der Waals surface area contributed by atoms with Crippen molar-refractivity contribution in [2.75, 3.05) is 38.2 Å². The molecular weight excluding hydrogens is 451 g/mol. The van der Waals surface area contributed by atoms with Crippen LogP contribution in [-0.4, -0.2) is 53.9 Å². The fourth-order valence-corrected chi connectivity index (χ4v) is 4.05. The van der Waals surface area contributed by atoms with Crippen LogP contribution < -0.4 is 15.2 Å². The minimum atomic E-state index is -0.319. The molecule has 166 valence electrons. The minimum Gasteiger partial charge on any atom is -0.497 e. The Balaban J connectivity index is 1.43. The maximum Gasteiger partial charge on any atom is 0.267 e. The van der Waals surface area contributed by atoms with E-state index in [1.54, 1.807) is 24.1 Å². The molecule has 9 heteroatoms. The molecule has 2 aromatic carbocycles. The molecule has 1 fully saturated rings. The summed E-state index contributed by atoms with van der Waals surface area (Å²) in [6.07, 6.45) is 0. The molecule has 0 unspecified atom stereocenters. The Labute approximate surface area is 195 Å². The van der Waals surface area contributed by atoms with Crippen LogP contribution in [0, 0.1) is 0 Å². The van der Waals surface area contributed by atoms with Gasteiger partial charge in [0.2, 0.25) is 5.91 Å². The SMILES string of the molecule is COc1ccc(-c2ccc(=O)n(CC(=O)N3CCN(c4cccc(Cl)c4Cl)CC3)n2)cc1. The van der Waals surface area contributed by atoms with Gasteiger partial charge in [-0.05, 0) is 42.5 Å². The average molecular weight is 473 g/mol. The summed E-state index contributed by atoms with van der Waals surface area (Å²) in [5.74, 6) is 0.582. The molecule has 1 aliphatic rings. The molecule has 0 bridgehead atoms. The van der Waals surface area contributed by atoms with E-state index in [2.05, 4.69) is 10.00 Å². The number of methoxy groups -OCH3 is 1. The van der Waals surface area contributed by atoms with Gasteiger partial charge in [0, 0.05) is 37.8 Å². The van der Waals surface area contributed by atoms with Gasteiger partial charge >= 0.3 is 0 Å². The van der Waals surface area contributed by atoms with Crippen LogP contribution >= 0.6 is 23.2 Å². The molecule has 7 nitrogen and oxygen atoms in total. The lowest BCUT2D eigenvalue weighted by molar-refractivity contribution is -0.132. The zero-order valence-electron chi connectivity index (χ0n) is 17.5. The van der Waals surface area contributed by atoms with E-state index in [1.165, 1.54) is 10.7 Å². The molecule has 1 saturated heterocycles. The summed E-state index contributed by atoms with van der Waals surface area (Å²) in [4.78, 5) is 29.0. The zero-order chi connectivity index (χ0) is 22.7. The number of hydrogen-bond donors (Lipinski definition) is 0. The van der Waals surface area contributed by atoms with Crippen LogP contribution in [0.2, 0.25) is 10.0 Å². The van der Waals surface area contributed by atoms with Crippen molar-refractivity contribution in [1.82, 2.24) is 14.7 Å². The van der Waals surface area contributed by atoms with Gasteiger partial charge in [-0.15, -0.1) is 0 Å². The summed E-state index contributed by atoms with van der Waals surface area (Å²) >= 11 is 12.4. The summed E-state index contributed by atoms with van der Waals surface area (Å²) in [6, 6.07) is 16.0. The van der Waals surface area contributed by atoms with E-state index in [1.807, 2.05) is 36.4 Å². The lowest BCUT2D eigenvalue weighted by atomic mass is 10.1. The first-order valence-electron chi connectivity index (χ1n) is 10.2. The second-order valence-electron chi connectivity index (χ2n) is 7.38. The number of anilines is 1. The van der Waals surface area contributed by atoms with Crippen molar-refractivity contribution in [3.8, 4) is 17.0 Å². The molecule has 1 aromatic heterocycles. The fraction of sp³-hybridized carbons (Fsp3) is 0.261. The van der Waals surface area contributed by atoms with Gasteiger partial charge in [0.25, 0.3) is 5.56 Å². The predicted octanol–water partition coefficient (Wildman–Crippen LogP) is 3.57. The first-order valence-corrected chi connectivity index (χ1v) is 10.9. The number of hydrogen-bond acceptors (Lipinski definition) is 5. The average Bonchev–Trinajstić information content (AvgIpc) is 2.82. The molecule has 4 rings (SSSR count). The van der Waals surface area contributed by atoms with Crippen molar-refractivity contribution >= 4 is 34.8 Å². The number of ether oxygens (including phenoxy) is 1. The van der Waals surface area contributed by atoms with Crippen LogP contribution in [-0.2, 0) is 11.3 Å². The number of rotatable bonds is 5. The summed E-state index contributed by atoms with van der Waals surface area (Å²) in [7, 11) is 1.60. The van der Waals surface area contributed by atoms with E-state index in [-0.39, 0.29) is 18.0 Å². The Morgan fingerprint density at radius 3 is 2.41 bits per heavy atom. The van der Waals surface area contributed by atoms with Crippen LogP contribution in [0.5, 0.6) is 5.75 Å². The normalized spacial score (nSPS) is 13.8. The van der Waals surface area contributed by atoms with Crippen molar-refractivity contribution in [2.24, 2.45) is 0 Å². The van der Waals surface area contributed by atoms with Gasteiger partial charge in [-0.3, -0.25) is 9.59 Å². The second-order valence-corrected chi connectivity index (χ2v) is 8.17. The number of carbonyl (C=O) groups excluding carboxylic acids is 1. The quantitative estimate of drug-likeness (QED) is 0.567. The third-order valence-corrected chi connectivity index (χ3v) is 6.25. The number of halogens is 2. The van der Waals surface area contributed by atoms with E-state index in [0.29, 0.717) is 41.9 Å². The third kappa shape index (κ3) is 4.74. The van der Waals surface area contributed by atoms with Crippen molar-refractivity contribution < 1.29 is 9.53 Å². The molecule has 0 radical (unpaired) electrons. The highest BCUT2D eigenvalue weighted by atomic mass is 35.5. The minimum absolute atomic E-state index is 0.110. The molecule has 1 aliphatic heterocycles. The Kier molecular flexibility index (Phi) is 6.67. The highest BCUT2D eigenvalue weighted by Crippen LogP contribution is 2.32. The van der Waals surface area contributed by atoms with Crippen LogP contribution in [0.1, 0.15) is 0 Å². The molecule has 1 amide bonds. The van der Waals surface area contributed by atoms with Gasteiger partial charge < -0.3 is 14.5 Å². The molecule has 2 heterocycles. The summed E-state index contributed by atoms with van der Waals surface area (Å²) in [5.41, 5.74) is 1.98. The van der Waals surface area contributed by atoms with Gasteiger partial charge in [0.1, 0.15) is 12.3 Å². The Morgan fingerprint density at radius 1 is 1.00 bits per heavy atom. The van der Waals surface area contributed by atoms with E-state index < -0.39 is 0 Å². The smallest absolute Gasteiger partial charge is 0.267 e. The van der Waals surface area contributed by atoms with Crippen molar-refractivity contribution in [1.29, 1.82) is 0 Å². The number of piperazine rings is 1. The zero-order valence-corrected chi connectivity index (χ0v) is 19.0. The van der Waals surface area contributed by atoms with Crippen LogP contribution in [0.15, 0.2) is 59.4 Å². The predicted molar refractivity (Wildman–Crippen MR) is 126 cm³/mol. The van der Waals surface area contributed by atoms with E-state index in [0.717, 1.165) is 17.0 Å². The number of amides is 1. The maximum absolute atomic E-state index is 12.9. The standard InChI is InChI=1S/C23H22Cl2N4O3/c1-32-17-7-5-16(6-8-17)19-9-10-21(30)29(26-19)15-22(31)28-13-11-27(12-14-28)20-4-2-3-18(24)23(20)25/h2-10H,11-15H2,1H3. The molecule has 0 spiro atoms. The van der Waals surface area contributed by atoms with Crippen molar-refractivity contribution in [2.45, 2.75) is 6.54 Å². The Bertz CT molecular complexity index is 1170. The number of carbonyl (C=O) groups is 1. The largest absolute Gasteiger partial charge is 0.497 e. The molecule has 32 heavy (non-hydrogen) atoms. The van der Waals surface area contributed by atoms with Gasteiger partial charge in [-0.1, -0.05) is 29.3 Å². The molecule has 0 N–H and O–H groups in total. The molecular formula is C23H22Cl2N4O3. The number of aromatic nitrogens is 2. The van der Waals surface area contributed by atoms with Gasteiger partial charge in [-0.2, -0.15) is 5.10 Å². The van der Waals surface area contributed by atoms with Crippen LogP contribution in [0.4, 0.5) is 5.69 Å². The molecule has 0 aliphatic carbocycles. The monoisotopic (exact) mass is 472 g/mol. The van der Waals surface area contributed by atoms with Crippen LogP contribution in [0.3, 0.4) is 0 Å². The number of benzene rings is 2. The van der Waals surface area contributed by atoms with E-state index in [9.17, 15) is 9.59 Å². The van der Waals surface area contributed by atoms with Gasteiger partial charge in [-0.25, -0.2) is 4.68 Å². The van der Waals surface area contributed by atoms with Gasteiger partial charge in [0.15, 0.2) is 0 Å². The van der Waals surface area contributed by atoms with E-state index in [4.69, 9.17) is 27.9 Å². The fourth-order valence-electron chi connectivity index (χ4n) is 3.64. The summed E-state index contributed by atoms with van der Waals surface area (Å²) in [5, 5.41) is 5.41. The topological polar surface area (TPSA) is 67.7 Å². The summed E-state index contributed by atoms with van der Waals surface area (Å²) < 4.78 is 6.38.